The fraction of sp³-hybridized carbons (Fsp3) is 0.318. The van der Waals surface area contributed by atoms with Gasteiger partial charge in [-0.15, -0.1) is 21.8 Å². The average molecular weight is 474 g/mol. The molecule has 0 bridgehead atoms. The minimum absolute atomic E-state index is 0.00495. The molecule has 32 heavy (non-hydrogen) atoms. The minimum Gasteiger partial charge on any atom is -0.348 e. The van der Waals surface area contributed by atoms with Crippen LogP contribution in [0.3, 0.4) is 0 Å². The van der Waals surface area contributed by atoms with Gasteiger partial charge >= 0.3 is 0 Å². The number of nitro benzene ring substituents is 1. The van der Waals surface area contributed by atoms with Crippen LogP contribution in [0.4, 0.5) is 5.69 Å². The molecule has 0 atom stereocenters. The summed E-state index contributed by atoms with van der Waals surface area (Å²) in [5, 5.41) is 23.1. The highest BCUT2D eigenvalue weighted by molar-refractivity contribution is 7.98. The Morgan fingerprint density at radius 1 is 1.19 bits per heavy atom. The SMILES string of the molecule is Cc1ccccc1CSc1nnc(CNC(=O)C(C)(C)CCl)n1-c1ccc([N+](=O)[O-])cc1. The Hall–Kier alpha value is -2.91. The van der Waals surface area contributed by atoms with E-state index in [-0.39, 0.29) is 24.0 Å². The Labute approximate surface area is 195 Å². The van der Waals surface area contributed by atoms with Crippen molar-refractivity contribution in [2.24, 2.45) is 5.41 Å². The summed E-state index contributed by atoms with van der Waals surface area (Å²) in [6, 6.07) is 14.3. The van der Waals surface area contributed by atoms with Crippen LogP contribution < -0.4 is 5.32 Å². The summed E-state index contributed by atoms with van der Waals surface area (Å²) in [6.07, 6.45) is 0. The summed E-state index contributed by atoms with van der Waals surface area (Å²) >= 11 is 7.41. The molecule has 3 aromatic rings. The number of alkyl halides is 1. The van der Waals surface area contributed by atoms with Gasteiger partial charge in [0.1, 0.15) is 0 Å². The van der Waals surface area contributed by atoms with Crippen molar-refractivity contribution in [2.75, 3.05) is 5.88 Å². The van der Waals surface area contributed by atoms with Crippen LogP contribution in [0.25, 0.3) is 5.69 Å². The van der Waals surface area contributed by atoms with Gasteiger partial charge in [-0.1, -0.05) is 36.0 Å². The van der Waals surface area contributed by atoms with Crippen molar-refractivity contribution >= 4 is 35.0 Å². The minimum atomic E-state index is -0.720. The third-order valence-corrected chi connectivity index (χ3v) is 6.64. The molecule has 0 saturated heterocycles. The molecule has 1 N–H and O–H groups in total. The standard InChI is InChI=1S/C22H24ClN5O3S/c1-15-6-4-5-7-16(15)13-32-21-26-25-19(12-24-20(29)22(2,3)14-23)27(21)17-8-10-18(11-9-17)28(30)31/h4-11H,12-14H2,1-3H3,(H,24,29). The molecule has 0 aliphatic heterocycles. The molecule has 168 valence electrons. The Kier molecular flexibility index (Phi) is 7.52. The third kappa shape index (κ3) is 5.46. The molecule has 0 aliphatic rings. The van der Waals surface area contributed by atoms with Crippen LogP contribution in [0, 0.1) is 22.5 Å². The molecule has 8 nitrogen and oxygen atoms in total. The number of halogens is 1. The largest absolute Gasteiger partial charge is 0.348 e. The Bertz CT molecular complexity index is 1120. The molecular formula is C22H24ClN5O3S. The molecule has 2 aromatic carbocycles. The number of aryl methyl sites for hydroxylation is 1. The van der Waals surface area contributed by atoms with Crippen molar-refractivity contribution in [2.45, 2.75) is 38.2 Å². The van der Waals surface area contributed by atoms with Crippen molar-refractivity contribution in [1.29, 1.82) is 0 Å². The number of nitrogens with zero attached hydrogens (tertiary/aromatic N) is 4. The molecule has 1 aromatic heterocycles. The first-order valence-corrected chi connectivity index (χ1v) is 11.5. The van der Waals surface area contributed by atoms with Gasteiger partial charge in [-0.25, -0.2) is 0 Å². The number of non-ortho nitro benzene ring substituents is 1. The first-order valence-electron chi connectivity index (χ1n) is 9.93. The first-order chi connectivity index (χ1) is 15.2. The number of carbonyl (C=O) groups is 1. The summed E-state index contributed by atoms with van der Waals surface area (Å²) in [5.74, 6) is 1.19. The van der Waals surface area contributed by atoms with E-state index >= 15 is 0 Å². The van der Waals surface area contributed by atoms with Gasteiger partial charge in [0.2, 0.25) is 5.91 Å². The van der Waals surface area contributed by atoms with Crippen molar-refractivity contribution in [3.63, 3.8) is 0 Å². The van der Waals surface area contributed by atoms with Gasteiger partial charge < -0.3 is 5.32 Å². The molecule has 0 unspecified atom stereocenters. The zero-order valence-corrected chi connectivity index (χ0v) is 19.6. The monoisotopic (exact) mass is 473 g/mol. The lowest BCUT2D eigenvalue weighted by Gasteiger charge is -2.20. The fourth-order valence-corrected chi connectivity index (χ4v) is 4.03. The Morgan fingerprint density at radius 2 is 1.88 bits per heavy atom. The Morgan fingerprint density at radius 3 is 2.50 bits per heavy atom. The van der Waals surface area contributed by atoms with Crippen LogP contribution >= 0.6 is 23.4 Å². The maximum Gasteiger partial charge on any atom is 0.269 e. The van der Waals surface area contributed by atoms with Crippen LogP contribution in [-0.2, 0) is 17.1 Å². The third-order valence-electron chi connectivity index (χ3n) is 4.99. The lowest BCUT2D eigenvalue weighted by Crippen LogP contribution is -2.38. The summed E-state index contributed by atoms with van der Waals surface area (Å²) < 4.78 is 1.81. The topological polar surface area (TPSA) is 103 Å². The number of carbonyl (C=O) groups excluding carboxylic acids is 1. The first kappa shape index (κ1) is 23.7. The number of rotatable bonds is 9. The van der Waals surface area contributed by atoms with Gasteiger partial charge in [0.25, 0.3) is 5.69 Å². The zero-order chi connectivity index (χ0) is 23.3. The molecular weight excluding hydrogens is 450 g/mol. The van der Waals surface area contributed by atoms with E-state index in [9.17, 15) is 14.9 Å². The lowest BCUT2D eigenvalue weighted by molar-refractivity contribution is -0.384. The summed E-state index contributed by atoms with van der Waals surface area (Å²) in [7, 11) is 0. The van der Waals surface area contributed by atoms with E-state index in [1.165, 1.54) is 35.0 Å². The van der Waals surface area contributed by atoms with Crippen molar-refractivity contribution < 1.29 is 9.72 Å². The van der Waals surface area contributed by atoms with E-state index < -0.39 is 10.3 Å². The van der Waals surface area contributed by atoms with Crippen molar-refractivity contribution in [1.82, 2.24) is 20.1 Å². The Balaban J connectivity index is 1.90. The number of thioether (sulfide) groups is 1. The van der Waals surface area contributed by atoms with E-state index in [0.717, 1.165) is 0 Å². The second kappa shape index (κ2) is 10.1. The maximum atomic E-state index is 12.5. The van der Waals surface area contributed by atoms with E-state index in [1.807, 2.05) is 12.1 Å². The molecule has 0 aliphatic carbocycles. The molecule has 1 heterocycles. The second-order valence-electron chi connectivity index (χ2n) is 7.92. The van der Waals surface area contributed by atoms with Gasteiger partial charge in [-0.3, -0.25) is 19.5 Å². The molecule has 0 spiro atoms. The molecule has 1 amide bonds. The highest BCUT2D eigenvalue weighted by atomic mass is 35.5. The van der Waals surface area contributed by atoms with Gasteiger partial charge in [0.05, 0.1) is 16.9 Å². The summed E-state index contributed by atoms with van der Waals surface area (Å²) in [6.45, 7) is 5.73. The zero-order valence-electron chi connectivity index (χ0n) is 18.0. The normalized spacial score (nSPS) is 11.4. The molecule has 0 saturated carbocycles. The average Bonchev–Trinajstić information content (AvgIpc) is 3.19. The lowest BCUT2D eigenvalue weighted by atomic mass is 9.95. The van der Waals surface area contributed by atoms with Crippen LogP contribution in [-0.4, -0.2) is 31.5 Å². The van der Waals surface area contributed by atoms with Crippen LogP contribution in [0.15, 0.2) is 53.7 Å². The van der Waals surface area contributed by atoms with Crippen molar-refractivity contribution in [3.8, 4) is 5.69 Å². The number of amides is 1. The van der Waals surface area contributed by atoms with Gasteiger partial charge in [-0.05, 0) is 44.0 Å². The molecule has 3 rings (SSSR count). The number of nitro groups is 1. The van der Waals surface area contributed by atoms with Crippen LogP contribution in [0.1, 0.15) is 30.8 Å². The smallest absolute Gasteiger partial charge is 0.269 e. The highest BCUT2D eigenvalue weighted by Gasteiger charge is 2.27. The summed E-state index contributed by atoms with van der Waals surface area (Å²) in [4.78, 5) is 23.0. The van der Waals surface area contributed by atoms with Gasteiger partial charge in [0, 0.05) is 29.5 Å². The van der Waals surface area contributed by atoms with Gasteiger partial charge in [-0.2, -0.15) is 0 Å². The number of hydrogen-bond donors (Lipinski definition) is 1. The van der Waals surface area contributed by atoms with Crippen molar-refractivity contribution in [3.05, 3.63) is 75.6 Å². The van der Waals surface area contributed by atoms with E-state index in [1.54, 1.807) is 30.5 Å². The second-order valence-corrected chi connectivity index (χ2v) is 9.13. The molecule has 0 radical (unpaired) electrons. The maximum absolute atomic E-state index is 12.5. The molecule has 10 heteroatoms. The van der Waals surface area contributed by atoms with Crippen LogP contribution in [0.5, 0.6) is 0 Å². The highest BCUT2D eigenvalue weighted by Crippen LogP contribution is 2.27. The van der Waals surface area contributed by atoms with E-state index in [0.29, 0.717) is 22.4 Å². The van der Waals surface area contributed by atoms with E-state index in [4.69, 9.17) is 11.6 Å². The van der Waals surface area contributed by atoms with Crippen LogP contribution in [0.2, 0.25) is 0 Å². The quantitative estimate of drug-likeness (QED) is 0.210. The number of nitrogens with one attached hydrogen (secondary N) is 1. The summed E-state index contributed by atoms with van der Waals surface area (Å²) in [5.41, 5.74) is 2.30. The predicted octanol–water partition coefficient (Wildman–Crippen LogP) is 4.66. The fourth-order valence-electron chi connectivity index (χ4n) is 2.86. The number of benzene rings is 2. The number of aromatic nitrogens is 3. The van der Waals surface area contributed by atoms with E-state index in [2.05, 4.69) is 34.6 Å². The number of hydrogen-bond acceptors (Lipinski definition) is 6. The molecule has 0 fully saturated rings. The van der Waals surface area contributed by atoms with Gasteiger partial charge in [0.15, 0.2) is 11.0 Å². The predicted molar refractivity (Wildman–Crippen MR) is 125 cm³/mol.